The summed E-state index contributed by atoms with van der Waals surface area (Å²) in [6.07, 6.45) is 4.32. The smallest absolute Gasteiger partial charge is 0.209 e. The Morgan fingerprint density at radius 3 is 2.41 bits per heavy atom. The highest BCUT2D eigenvalue weighted by Crippen LogP contribution is 2.19. The van der Waals surface area contributed by atoms with E-state index in [4.69, 9.17) is 24.2 Å². The van der Waals surface area contributed by atoms with Gasteiger partial charge >= 0.3 is 0 Å². The number of ether oxygens (including phenoxy) is 3. The molecule has 1 aromatic heterocycles. The van der Waals surface area contributed by atoms with E-state index < -0.39 is 8.07 Å². The van der Waals surface area contributed by atoms with Crippen LogP contribution in [0.4, 0.5) is 0 Å². The molecule has 8 heteroatoms. The van der Waals surface area contributed by atoms with E-state index in [1.807, 2.05) is 10.8 Å². The van der Waals surface area contributed by atoms with Crippen LogP contribution in [-0.4, -0.2) is 62.3 Å². The molecule has 0 aliphatic carbocycles. The highest BCUT2D eigenvalue weighted by molar-refractivity contribution is 6.76. The normalized spacial score (nSPS) is 20.4. The van der Waals surface area contributed by atoms with Gasteiger partial charge in [-0.3, -0.25) is 0 Å². The number of aliphatic imine (C=N–C) groups is 2. The van der Waals surface area contributed by atoms with Crippen molar-refractivity contribution in [1.29, 1.82) is 0 Å². The van der Waals surface area contributed by atoms with E-state index in [1.54, 1.807) is 20.4 Å². The topological polar surface area (TPSA) is 70.2 Å². The minimum absolute atomic E-state index is 0.106. The predicted molar refractivity (Wildman–Crippen MR) is 111 cm³/mol. The van der Waals surface area contributed by atoms with Crippen molar-refractivity contribution in [2.24, 2.45) is 15.9 Å². The van der Waals surface area contributed by atoms with E-state index in [9.17, 15) is 0 Å². The highest BCUT2D eigenvalue weighted by Gasteiger charge is 2.31. The summed E-state index contributed by atoms with van der Waals surface area (Å²) in [6, 6.07) is 0.812. The molecule has 0 aromatic carbocycles. The van der Waals surface area contributed by atoms with Crippen molar-refractivity contribution in [3.8, 4) is 0 Å². The monoisotopic (exact) mass is 394 g/mol. The van der Waals surface area contributed by atoms with Gasteiger partial charge in [0, 0.05) is 33.5 Å². The Hall–Kier alpha value is -1.67. The molecule has 1 aliphatic heterocycles. The van der Waals surface area contributed by atoms with Gasteiger partial charge in [-0.25, -0.2) is 15.0 Å². The van der Waals surface area contributed by atoms with Gasteiger partial charge in [0.1, 0.15) is 24.6 Å². The average Bonchev–Trinajstić information content (AvgIpc) is 3.04. The van der Waals surface area contributed by atoms with Crippen LogP contribution < -0.4 is 0 Å². The van der Waals surface area contributed by atoms with Crippen LogP contribution in [-0.2, 0) is 27.4 Å². The van der Waals surface area contributed by atoms with Gasteiger partial charge < -0.3 is 18.8 Å². The van der Waals surface area contributed by atoms with Crippen LogP contribution in [0.1, 0.15) is 19.7 Å². The summed E-state index contributed by atoms with van der Waals surface area (Å²) in [7, 11) is 2.20. The Morgan fingerprint density at radius 2 is 1.81 bits per heavy atom. The molecule has 2 heterocycles. The Bertz CT molecular complexity index is 664. The first-order valence-corrected chi connectivity index (χ1v) is 13.3. The number of nitrogens with zero attached hydrogens (tertiary/aromatic N) is 4. The lowest BCUT2D eigenvalue weighted by Gasteiger charge is -2.27. The fourth-order valence-electron chi connectivity index (χ4n) is 2.85. The van der Waals surface area contributed by atoms with Crippen LogP contribution in [0.5, 0.6) is 0 Å². The Balaban J connectivity index is 2.05. The second-order valence-electron chi connectivity index (χ2n) is 8.41. The molecule has 7 nitrogen and oxygen atoms in total. The molecule has 1 aliphatic rings. The van der Waals surface area contributed by atoms with Gasteiger partial charge in [-0.05, 0) is 12.0 Å². The fourth-order valence-corrected chi connectivity index (χ4v) is 3.61. The van der Waals surface area contributed by atoms with Crippen LogP contribution >= 0.6 is 0 Å². The molecular weight excluding hydrogens is 360 g/mol. The summed E-state index contributed by atoms with van der Waals surface area (Å²) in [5.74, 6) is 2.47. The van der Waals surface area contributed by atoms with E-state index in [2.05, 4.69) is 38.5 Å². The van der Waals surface area contributed by atoms with Crippen molar-refractivity contribution >= 4 is 19.9 Å². The van der Waals surface area contributed by atoms with Crippen molar-refractivity contribution in [1.82, 2.24) is 9.55 Å². The lowest BCUT2D eigenvalue weighted by molar-refractivity contribution is 0.0850. The number of methoxy groups -OCH3 is 2. The molecule has 2 atom stereocenters. The zero-order valence-corrected chi connectivity index (χ0v) is 18.7. The molecule has 0 fully saturated rings. The maximum absolute atomic E-state index is 5.86. The first-order valence-electron chi connectivity index (χ1n) is 9.56. The molecule has 2 rings (SSSR count). The van der Waals surface area contributed by atoms with Crippen molar-refractivity contribution < 1.29 is 14.2 Å². The fraction of sp³-hybridized carbons (Fsp3) is 0.737. The molecule has 0 saturated carbocycles. The SMILES string of the molecule is COC1=N[C@H](C(C)C)C(OC)=N[C@@H]1Cc1nccn1COCC[Si](C)(C)C. The molecule has 152 valence electrons. The van der Waals surface area contributed by atoms with Gasteiger partial charge in [0.2, 0.25) is 11.8 Å². The average molecular weight is 395 g/mol. The van der Waals surface area contributed by atoms with Gasteiger partial charge in [0.25, 0.3) is 0 Å². The van der Waals surface area contributed by atoms with Crippen LogP contribution in [0.2, 0.25) is 25.7 Å². The number of aromatic nitrogens is 2. The predicted octanol–water partition coefficient (Wildman–Crippen LogP) is 3.23. The van der Waals surface area contributed by atoms with E-state index in [1.165, 1.54) is 0 Å². The number of hydrogen-bond donors (Lipinski definition) is 0. The lowest BCUT2D eigenvalue weighted by atomic mass is 10.0. The molecule has 0 spiro atoms. The van der Waals surface area contributed by atoms with E-state index in [-0.39, 0.29) is 18.0 Å². The second kappa shape index (κ2) is 9.50. The van der Waals surface area contributed by atoms with Crippen molar-refractivity contribution in [3.05, 3.63) is 18.2 Å². The summed E-state index contributed by atoms with van der Waals surface area (Å²) in [5.41, 5.74) is 0. The maximum atomic E-state index is 5.86. The third-order valence-electron chi connectivity index (χ3n) is 4.54. The summed E-state index contributed by atoms with van der Waals surface area (Å²) in [5, 5.41) is 0. The van der Waals surface area contributed by atoms with Crippen molar-refractivity contribution in [2.75, 3.05) is 20.8 Å². The van der Waals surface area contributed by atoms with Crippen molar-refractivity contribution in [2.45, 2.75) is 64.8 Å². The minimum Gasteiger partial charge on any atom is -0.483 e. The van der Waals surface area contributed by atoms with Gasteiger partial charge in [-0.1, -0.05) is 33.5 Å². The molecule has 0 saturated heterocycles. The Labute approximate surface area is 163 Å². The van der Waals surface area contributed by atoms with E-state index >= 15 is 0 Å². The van der Waals surface area contributed by atoms with Gasteiger partial charge in [0.05, 0.1) is 14.2 Å². The first-order chi connectivity index (χ1) is 12.7. The van der Waals surface area contributed by atoms with E-state index in [0.717, 1.165) is 18.5 Å². The molecule has 0 bridgehead atoms. The third-order valence-corrected chi connectivity index (χ3v) is 6.25. The third kappa shape index (κ3) is 6.17. The Morgan fingerprint density at radius 1 is 1.11 bits per heavy atom. The first kappa shape index (κ1) is 21.6. The largest absolute Gasteiger partial charge is 0.483 e. The summed E-state index contributed by atoms with van der Waals surface area (Å²) >= 11 is 0. The Kier molecular flexibility index (Phi) is 7.61. The molecule has 0 radical (unpaired) electrons. The van der Waals surface area contributed by atoms with Crippen LogP contribution in [0, 0.1) is 5.92 Å². The van der Waals surface area contributed by atoms with Crippen molar-refractivity contribution in [3.63, 3.8) is 0 Å². The van der Waals surface area contributed by atoms with E-state index in [0.29, 0.717) is 24.9 Å². The van der Waals surface area contributed by atoms with Crippen LogP contribution in [0.25, 0.3) is 0 Å². The zero-order chi connectivity index (χ0) is 20.0. The summed E-state index contributed by atoms with van der Waals surface area (Å²) in [6.45, 7) is 12.5. The molecule has 0 unspecified atom stereocenters. The molecule has 0 amide bonds. The zero-order valence-electron chi connectivity index (χ0n) is 17.7. The number of hydrogen-bond acceptors (Lipinski definition) is 6. The molecule has 1 aromatic rings. The van der Waals surface area contributed by atoms with Crippen LogP contribution in [0.15, 0.2) is 22.4 Å². The summed E-state index contributed by atoms with van der Waals surface area (Å²) < 4.78 is 18.9. The minimum atomic E-state index is -1.08. The lowest BCUT2D eigenvalue weighted by Crippen LogP contribution is -2.38. The molecule has 0 N–H and O–H groups in total. The standard InChI is InChI=1S/C19H34N4O3Si/c1-14(2)17-19(25-4)21-15(18(22-17)24-3)12-16-20-8-9-23(16)13-26-10-11-27(5,6)7/h8-9,14-15,17H,10-13H2,1-7H3/t15-,17-/m1/s1. The van der Waals surface area contributed by atoms with Gasteiger partial charge in [0.15, 0.2) is 0 Å². The number of imidazole rings is 1. The number of rotatable bonds is 8. The molecule has 27 heavy (non-hydrogen) atoms. The maximum Gasteiger partial charge on any atom is 0.209 e. The second-order valence-corrected chi connectivity index (χ2v) is 14.0. The summed E-state index contributed by atoms with van der Waals surface area (Å²) in [4.78, 5) is 14.0. The van der Waals surface area contributed by atoms with Gasteiger partial charge in [-0.2, -0.15) is 0 Å². The van der Waals surface area contributed by atoms with Crippen LogP contribution in [0.3, 0.4) is 0 Å². The molecular formula is C19H34N4O3Si. The quantitative estimate of drug-likeness (QED) is 0.501. The highest BCUT2D eigenvalue weighted by atomic mass is 28.3. The van der Waals surface area contributed by atoms with Gasteiger partial charge in [-0.15, -0.1) is 0 Å².